The Balaban J connectivity index is 1.72. The number of sulfonamides is 1. The van der Waals surface area contributed by atoms with Gasteiger partial charge in [0.1, 0.15) is 6.04 Å². The van der Waals surface area contributed by atoms with E-state index in [2.05, 4.69) is 5.32 Å². The second kappa shape index (κ2) is 8.91. The fourth-order valence-corrected chi connectivity index (χ4v) is 4.17. The zero-order chi connectivity index (χ0) is 23.7. The number of rotatable bonds is 5. The normalized spacial score (nSPS) is 17.8. The number of carbonyl (C=O) groups is 2. The van der Waals surface area contributed by atoms with Crippen LogP contribution in [0.3, 0.4) is 0 Å². The Morgan fingerprint density at radius 2 is 1.81 bits per heavy atom. The maximum absolute atomic E-state index is 12.9. The molecule has 0 bridgehead atoms. The fraction of sp³-hybridized carbons (Fsp3) is 0.333. The smallest absolute Gasteiger partial charge is 0.348 e. The molecule has 0 unspecified atom stereocenters. The first-order valence-electron chi connectivity index (χ1n) is 9.79. The monoisotopic (exact) mass is 469 g/mol. The minimum Gasteiger partial charge on any atom is -0.348 e. The Morgan fingerprint density at radius 1 is 1.16 bits per heavy atom. The van der Waals surface area contributed by atoms with Crippen LogP contribution in [-0.2, 0) is 21.0 Å². The molecule has 0 aromatic heterocycles. The lowest BCUT2D eigenvalue weighted by Gasteiger charge is -2.26. The van der Waals surface area contributed by atoms with E-state index < -0.39 is 45.7 Å². The molecular formula is C21H22F3N3O4S. The number of halogens is 3. The van der Waals surface area contributed by atoms with Gasteiger partial charge in [-0.2, -0.15) is 13.2 Å². The minimum atomic E-state index is -4.45. The van der Waals surface area contributed by atoms with Gasteiger partial charge in [-0.05, 0) is 55.7 Å². The molecule has 1 saturated heterocycles. The molecule has 1 heterocycles. The maximum Gasteiger partial charge on any atom is 0.416 e. The van der Waals surface area contributed by atoms with Crippen LogP contribution in [0.25, 0.3) is 0 Å². The van der Waals surface area contributed by atoms with Crippen molar-refractivity contribution in [1.82, 2.24) is 10.2 Å². The van der Waals surface area contributed by atoms with Crippen molar-refractivity contribution < 1.29 is 31.2 Å². The molecule has 1 aliphatic rings. The lowest BCUT2D eigenvalue weighted by molar-refractivity contribution is -0.137. The number of nitrogens with one attached hydrogen (secondary N) is 1. The molecule has 2 aromatic carbocycles. The Labute approximate surface area is 183 Å². The molecule has 7 nitrogen and oxygen atoms in total. The number of hydrogen-bond acceptors (Lipinski definition) is 4. The molecule has 32 heavy (non-hydrogen) atoms. The van der Waals surface area contributed by atoms with Gasteiger partial charge in [-0.15, -0.1) is 0 Å². The van der Waals surface area contributed by atoms with E-state index >= 15 is 0 Å². The van der Waals surface area contributed by atoms with Crippen molar-refractivity contribution in [2.24, 2.45) is 5.14 Å². The van der Waals surface area contributed by atoms with Gasteiger partial charge in [-0.1, -0.05) is 18.2 Å². The Kier molecular flexibility index (Phi) is 6.61. The third kappa shape index (κ3) is 5.28. The average molecular weight is 469 g/mol. The van der Waals surface area contributed by atoms with Crippen molar-refractivity contribution in [2.75, 3.05) is 6.54 Å². The molecule has 2 amide bonds. The van der Waals surface area contributed by atoms with Crippen LogP contribution >= 0.6 is 0 Å². The zero-order valence-corrected chi connectivity index (χ0v) is 17.9. The van der Waals surface area contributed by atoms with E-state index in [0.29, 0.717) is 24.9 Å². The largest absolute Gasteiger partial charge is 0.416 e. The highest BCUT2D eigenvalue weighted by Gasteiger charge is 2.35. The highest BCUT2D eigenvalue weighted by molar-refractivity contribution is 7.89. The summed E-state index contributed by atoms with van der Waals surface area (Å²) in [5.74, 6) is -0.943. The second-order valence-electron chi connectivity index (χ2n) is 7.58. The number of nitrogens with zero attached hydrogens (tertiary/aromatic N) is 1. The summed E-state index contributed by atoms with van der Waals surface area (Å²) in [4.78, 5) is 26.9. The second-order valence-corrected chi connectivity index (χ2v) is 9.14. The van der Waals surface area contributed by atoms with Gasteiger partial charge in [0.05, 0.1) is 16.5 Å². The number of nitrogens with two attached hydrogens (primary N) is 1. The fourth-order valence-electron chi connectivity index (χ4n) is 3.61. The lowest BCUT2D eigenvalue weighted by atomic mass is 10.0. The molecule has 172 valence electrons. The number of amides is 2. The number of carbonyl (C=O) groups excluding carboxylic acids is 2. The topological polar surface area (TPSA) is 110 Å². The Hall–Kier alpha value is -2.92. The van der Waals surface area contributed by atoms with Crippen molar-refractivity contribution in [3.63, 3.8) is 0 Å². The maximum atomic E-state index is 12.9. The summed E-state index contributed by atoms with van der Waals surface area (Å²) in [6, 6.07) is 8.39. The molecule has 0 saturated carbocycles. The van der Waals surface area contributed by atoms with Crippen molar-refractivity contribution >= 4 is 21.8 Å². The minimum absolute atomic E-state index is 0.0898. The van der Waals surface area contributed by atoms with E-state index in [-0.39, 0.29) is 10.5 Å². The number of primary sulfonamides is 1. The first-order valence-corrected chi connectivity index (χ1v) is 11.3. The number of benzene rings is 2. The summed E-state index contributed by atoms with van der Waals surface area (Å²) in [6.07, 6.45) is -3.46. The zero-order valence-electron chi connectivity index (χ0n) is 17.1. The van der Waals surface area contributed by atoms with Gasteiger partial charge in [0.15, 0.2) is 0 Å². The summed E-state index contributed by atoms with van der Waals surface area (Å²) < 4.78 is 61.3. The molecule has 0 spiro atoms. The van der Waals surface area contributed by atoms with Crippen LogP contribution < -0.4 is 10.5 Å². The van der Waals surface area contributed by atoms with E-state index in [1.165, 1.54) is 35.2 Å². The standard InChI is InChI=1S/C21H22F3N3O4S/c1-13(14-7-9-16(10-8-14)21(22,23)24)26-19(28)18-6-3-11-27(18)20(29)15-4-2-5-17(12-15)32(25,30)31/h2,4-5,7-10,12-13,18H,3,6,11H2,1H3,(H,26,28)(H2,25,30,31)/t13-,18-/m1/s1. The van der Waals surface area contributed by atoms with E-state index in [1.807, 2.05) is 0 Å². The van der Waals surface area contributed by atoms with E-state index in [9.17, 15) is 31.2 Å². The molecule has 3 rings (SSSR count). The lowest BCUT2D eigenvalue weighted by Crippen LogP contribution is -2.46. The Morgan fingerprint density at radius 3 is 2.41 bits per heavy atom. The summed E-state index contributed by atoms with van der Waals surface area (Å²) in [7, 11) is -3.99. The van der Waals surface area contributed by atoms with Crippen LogP contribution in [0.15, 0.2) is 53.4 Å². The van der Waals surface area contributed by atoms with E-state index in [1.54, 1.807) is 6.92 Å². The molecular weight excluding hydrogens is 447 g/mol. The molecule has 3 N–H and O–H groups in total. The van der Waals surface area contributed by atoms with Gasteiger partial charge < -0.3 is 10.2 Å². The van der Waals surface area contributed by atoms with Gasteiger partial charge in [-0.25, -0.2) is 13.6 Å². The molecule has 1 fully saturated rings. The number of alkyl halides is 3. The number of hydrogen-bond donors (Lipinski definition) is 2. The molecule has 1 aliphatic heterocycles. The quantitative estimate of drug-likeness (QED) is 0.702. The summed E-state index contributed by atoms with van der Waals surface area (Å²) in [6.45, 7) is 1.95. The highest BCUT2D eigenvalue weighted by atomic mass is 32.2. The van der Waals surface area contributed by atoms with Gasteiger partial charge in [-0.3, -0.25) is 9.59 Å². The van der Waals surface area contributed by atoms with Crippen LogP contribution in [-0.4, -0.2) is 37.7 Å². The molecule has 0 aliphatic carbocycles. The van der Waals surface area contributed by atoms with Crippen molar-refractivity contribution in [1.29, 1.82) is 0 Å². The SMILES string of the molecule is C[C@@H](NC(=O)[C@H]1CCCN1C(=O)c1cccc(S(N)(=O)=O)c1)c1ccc(C(F)(F)F)cc1. The molecule has 2 atom stereocenters. The summed E-state index contributed by atoms with van der Waals surface area (Å²) in [5.41, 5.74) is -0.204. The average Bonchev–Trinajstić information content (AvgIpc) is 3.22. The summed E-state index contributed by atoms with van der Waals surface area (Å²) >= 11 is 0. The Bertz CT molecular complexity index is 1120. The van der Waals surface area contributed by atoms with Gasteiger partial charge in [0.2, 0.25) is 15.9 Å². The van der Waals surface area contributed by atoms with Crippen LogP contribution in [0.4, 0.5) is 13.2 Å². The summed E-state index contributed by atoms with van der Waals surface area (Å²) in [5, 5.41) is 7.86. The highest BCUT2D eigenvalue weighted by Crippen LogP contribution is 2.30. The molecule has 0 radical (unpaired) electrons. The third-order valence-corrected chi connectivity index (χ3v) is 6.23. The predicted octanol–water partition coefficient (Wildman–Crippen LogP) is 2.83. The van der Waals surface area contributed by atoms with Crippen LogP contribution in [0.1, 0.15) is 47.3 Å². The first-order chi connectivity index (χ1) is 14.9. The van der Waals surface area contributed by atoms with Crippen molar-refractivity contribution in [3.8, 4) is 0 Å². The van der Waals surface area contributed by atoms with Gasteiger partial charge in [0.25, 0.3) is 5.91 Å². The molecule has 2 aromatic rings. The predicted molar refractivity (Wildman–Crippen MR) is 110 cm³/mol. The van der Waals surface area contributed by atoms with Crippen LogP contribution in [0, 0.1) is 0 Å². The van der Waals surface area contributed by atoms with Crippen LogP contribution in [0.2, 0.25) is 0 Å². The van der Waals surface area contributed by atoms with Crippen molar-refractivity contribution in [2.45, 2.75) is 42.9 Å². The van der Waals surface area contributed by atoms with E-state index in [4.69, 9.17) is 5.14 Å². The third-order valence-electron chi connectivity index (χ3n) is 5.32. The van der Waals surface area contributed by atoms with Gasteiger partial charge >= 0.3 is 6.18 Å². The van der Waals surface area contributed by atoms with E-state index in [0.717, 1.165) is 18.2 Å². The van der Waals surface area contributed by atoms with Gasteiger partial charge in [0, 0.05) is 12.1 Å². The molecule has 11 heteroatoms. The number of likely N-dealkylation sites (tertiary alicyclic amines) is 1. The first kappa shape index (κ1) is 23.7. The van der Waals surface area contributed by atoms with Crippen LogP contribution in [0.5, 0.6) is 0 Å². The van der Waals surface area contributed by atoms with Crippen molar-refractivity contribution in [3.05, 3.63) is 65.2 Å².